The fourth-order valence-corrected chi connectivity index (χ4v) is 7.08. The summed E-state index contributed by atoms with van der Waals surface area (Å²) in [6.07, 6.45) is -4.61. The fraction of sp³-hybridized carbons (Fsp3) is 0.190. The topological polar surface area (TPSA) is 70.2 Å². The van der Waals surface area contributed by atoms with Crippen LogP contribution >= 0.6 is 39.0 Å². The van der Waals surface area contributed by atoms with Crippen LogP contribution in [0.3, 0.4) is 0 Å². The number of H-pyrrole nitrogens is 1. The molecule has 0 saturated carbocycles. The number of rotatable bonds is 2. The molecule has 0 aliphatic carbocycles. The molecular weight excluding hydrogens is 529 g/mol. The average Bonchev–Trinajstić information content (AvgIpc) is 3.22. The van der Waals surface area contributed by atoms with E-state index in [1.54, 1.807) is 12.1 Å². The van der Waals surface area contributed by atoms with Crippen molar-refractivity contribution in [3.63, 3.8) is 0 Å². The number of amides is 2. The first-order chi connectivity index (χ1) is 15.1. The molecule has 3 atom stereocenters. The van der Waals surface area contributed by atoms with Crippen LogP contribution in [-0.2, 0) is 15.8 Å². The number of alkyl halides is 3. The Hall–Kier alpha value is -2.37. The number of carbonyl (C=O) groups is 2. The molecule has 32 heavy (non-hydrogen) atoms. The van der Waals surface area contributed by atoms with Crippen LogP contribution in [0.2, 0.25) is 0 Å². The van der Waals surface area contributed by atoms with Crippen LogP contribution in [0.25, 0.3) is 0 Å². The molecule has 1 aromatic heterocycles. The van der Waals surface area contributed by atoms with Gasteiger partial charge in [0.1, 0.15) is 5.25 Å². The van der Waals surface area contributed by atoms with E-state index in [0.717, 1.165) is 50.2 Å². The van der Waals surface area contributed by atoms with Crippen LogP contribution in [0.5, 0.6) is 0 Å². The van der Waals surface area contributed by atoms with E-state index in [1.165, 1.54) is 12.1 Å². The Morgan fingerprint density at radius 1 is 1.00 bits per heavy atom. The molecule has 2 aromatic carbocycles. The molecule has 0 spiro atoms. The van der Waals surface area contributed by atoms with Gasteiger partial charge >= 0.3 is 11.0 Å². The molecule has 0 radical (unpaired) electrons. The van der Waals surface area contributed by atoms with E-state index in [4.69, 9.17) is 0 Å². The van der Waals surface area contributed by atoms with Gasteiger partial charge < -0.3 is 4.98 Å². The summed E-state index contributed by atoms with van der Waals surface area (Å²) in [7, 11) is 0. The highest BCUT2D eigenvalue weighted by molar-refractivity contribution is 9.10. The second-order valence-corrected chi connectivity index (χ2v) is 10.4. The summed E-state index contributed by atoms with van der Waals surface area (Å²) < 4.78 is 40.4. The molecule has 3 aromatic rings. The highest BCUT2D eigenvalue weighted by atomic mass is 79.9. The molecule has 5 rings (SSSR count). The second kappa shape index (κ2) is 7.60. The number of thiazole rings is 1. The van der Waals surface area contributed by atoms with Crippen LogP contribution < -0.4 is 9.77 Å². The van der Waals surface area contributed by atoms with Gasteiger partial charge in [0.15, 0.2) is 0 Å². The van der Waals surface area contributed by atoms with Crippen molar-refractivity contribution in [1.29, 1.82) is 0 Å². The minimum atomic E-state index is -4.61. The van der Waals surface area contributed by atoms with Crippen molar-refractivity contribution in [1.82, 2.24) is 4.98 Å². The Kier molecular flexibility index (Phi) is 5.10. The normalized spacial score (nSPS) is 22.8. The number of benzene rings is 2. The van der Waals surface area contributed by atoms with E-state index in [2.05, 4.69) is 20.9 Å². The summed E-state index contributed by atoms with van der Waals surface area (Å²) in [6.45, 7) is 0. The molecule has 1 N–H and O–H groups in total. The van der Waals surface area contributed by atoms with Gasteiger partial charge in [0, 0.05) is 15.3 Å². The summed E-state index contributed by atoms with van der Waals surface area (Å²) >= 11 is 5.46. The maximum Gasteiger partial charge on any atom is 0.416 e. The molecule has 2 amide bonds. The van der Waals surface area contributed by atoms with Crippen molar-refractivity contribution in [3.8, 4) is 0 Å². The van der Waals surface area contributed by atoms with E-state index >= 15 is 0 Å². The van der Waals surface area contributed by atoms with Gasteiger partial charge in [-0.05, 0) is 35.9 Å². The van der Waals surface area contributed by atoms with Gasteiger partial charge in [-0.25, -0.2) is 4.90 Å². The zero-order chi connectivity index (χ0) is 22.8. The monoisotopic (exact) mass is 540 g/mol. The molecule has 3 heterocycles. The van der Waals surface area contributed by atoms with E-state index in [1.807, 2.05) is 12.1 Å². The first-order valence-corrected chi connectivity index (χ1v) is 11.8. The smallest absolute Gasteiger partial charge is 0.307 e. The van der Waals surface area contributed by atoms with Crippen LogP contribution in [0.1, 0.15) is 21.9 Å². The Balaban J connectivity index is 1.63. The van der Waals surface area contributed by atoms with E-state index in [0.29, 0.717) is 9.90 Å². The first kappa shape index (κ1) is 21.5. The standard InChI is InChI=1S/C21H12BrF3N2O3S2/c22-11-5-1-3-9(7-11)13-14-16(31-17-15(13)32-20(30)26-17)19(29)27(18(14)28)12-6-2-4-10(8-12)21(23,24)25/h1-8,13-14,16H,(H,26,30). The highest BCUT2D eigenvalue weighted by Crippen LogP contribution is 2.53. The minimum absolute atomic E-state index is 0.116. The first-order valence-electron chi connectivity index (χ1n) is 9.35. The predicted octanol–water partition coefficient (Wildman–Crippen LogP) is 5.01. The molecule has 1 saturated heterocycles. The van der Waals surface area contributed by atoms with E-state index < -0.39 is 40.6 Å². The third kappa shape index (κ3) is 3.43. The number of hydrogen-bond donors (Lipinski definition) is 1. The summed E-state index contributed by atoms with van der Waals surface area (Å²) in [5.41, 5.74) is -0.321. The quantitative estimate of drug-likeness (QED) is 0.463. The minimum Gasteiger partial charge on any atom is -0.307 e. The third-order valence-electron chi connectivity index (χ3n) is 5.46. The second-order valence-electron chi connectivity index (χ2n) is 7.36. The molecule has 164 valence electrons. The predicted molar refractivity (Wildman–Crippen MR) is 118 cm³/mol. The lowest BCUT2D eigenvalue weighted by molar-refractivity contribution is -0.137. The van der Waals surface area contributed by atoms with Gasteiger partial charge in [0.25, 0.3) is 0 Å². The molecule has 11 heteroatoms. The van der Waals surface area contributed by atoms with Crippen LogP contribution in [0, 0.1) is 5.92 Å². The number of carbonyl (C=O) groups excluding carboxylic acids is 2. The molecule has 2 aliphatic heterocycles. The number of nitrogens with one attached hydrogen (secondary N) is 1. The molecule has 1 fully saturated rings. The lowest BCUT2D eigenvalue weighted by Gasteiger charge is -2.29. The van der Waals surface area contributed by atoms with Crippen molar-refractivity contribution < 1.29 is 22.8 Å². The van der Waals surface area contributed by atoms with Gasteiger partial charge in [-0.2, -0.15) is 13.2 Å². The van der Waals surface area contributed by atoms with Crippen molar-refractivity contribution in [2.75, 3.05) is 4.90 Å². The number of halogens is 4. The number of anilines is 1. The summed E-state index contributed by atoms with van der Waals surface area (Å²) in [5.74, 6) is -2.61. The zero-order valence-electron chi connectivity index (χ0n) is 15.9. The molecule has 3 unspecified atom stereocenters. The van der Waals surface area contributed by atoms with Gasteiger partial charge in [-0.3, -0.25) is 14.4 Å². The van der Waals surface area contributed by atoms with Crippen LogP contribution in [0.15, 0.2) is 62.8 Å². The number of nitrogens with zero attached hydrogens (tertiary/aromatic N) is 1. The maximum atomic E-state index is 13.5. The number of thioether (sulfide) groups is 1. The Bertz CT molecular complexity index is 1320. The average molecular weight is 541 g/mol. The number of fused-ring (bicyclic) bond motifs is 2. The maximum absolute atomic E-state index is 13.5. The summed E-state index contributed by atoms with van der Waals surface area (Å²) in [5, 5.41) is -0.350. The largest absolute Gasteiger partial charge is 0.416 e. The Labute approximate surface area is 195 Å². The Morgan fingerprint density at radius 3 is 2.47 bits per heavy atom. The number of aromatic amines is 1. The third-order valence-corrected chi connectivity index (χ3v) is 8.36. The number of hydrogen-bond acceptors (Lipinski definition) is 5. The lowest BCUT2D eigenvalue weighted by Crippen LogP contribution is -2.32. The molecular formula is C21H12BrF3N2O3S2. The van der Waals surface area contributed by atoms with Crippen molar-refractivity contribution >= 4 is 56.5 Å². The zero-order valence-corrected chi connectivity index (χ0v) is 19.1. The van der Waals surface area contributed by atoms with Crippen molar-refractivity contribution in [2.45, 2.75) is 22.4 Å². The molecule has 5 nitrogen and oxygen atoms in total. The van der Waals surface area contributed by atoms with Crippen LogP contribution in [-0.4, -0.2) is 22.0 Å². The van der Waals surface area contributed by atoms with E-state index in [9.17, 15) is 27.6 Å². The SMILES string of the molecule is O=C1C2Sc3[nH]c(=O)sc3C(c3cccc(Br)c3)C2C(=O)N1c1cccc(C(F)(F)F)c1. The van der Waals surface area contributed by atoms with Crippen molar-refractivity contribution in [3.05, 3.63) is 78.7 Å². The van der Waals surface area contributed by atoms with Crippen LogP contribution in [0.4, 0.5) is 18.9 Å². The lowest BCUT2D eigenvalue weighted by atomic mass is 9.83. The van der Waals surface area contributed by atoms with Gasteiger partial charge in [-0.1, -0.05) is 57.2 Å². The van der Waals surface area contributed by atoms with Crippen molar-refractivity contribution in [2.24, 2.45) is 5.92 Å². The molecule has 2 aliphatic rings. The van der Waals surface area contributed by atoms with Gasteiger partial charge in [-0.15, -0.1) is 0 Å². The van der Waals surface area contributed by atoms with E-state index in [-0.39, 0.29) is 10.6 Å². The highest BCUT2D eigenvalue weighted by Gasteiger charge is 2.56. The summed E-state index contributed by atoms with van der Waals surface area (Å²) in [4.78, 5) is 42.8. The number of aromatic nitrogens is 1. The van der Waals surface area contributed by atoms with Gasteiger partial charge in [0.2, 0.25) is 11.8 Å². The number of imide groups is 1. The Morgan fingerprint density at radius 2 is 1.75 bits per heavy atom. The molecule has 0 bridgehead atoms. The fourth-order valence-electron chi connectivity index (χ4n) is 4.15. The van der Waals surface area contributed by atoms with Gasteiger partial charge in [0.05, 0.1) is 22.2 Å². The summed E-state index contributed by atoms with van der Waals surface area (Å²) in [6, 6.07) is 11.4.